The summed E-state index contributed by atoms with van der Waals surface area (Å²) in [6.07, 6.45) is 0. The number of anilines is 1. The maximum atomic E-state index is 12.1. The Morgan fingerprint density at radius 2 is 1.96 bits per heavy atom. The Balaban J connectivity index is 2.03. The smallest absolute Gasteiger partial charge is 0.261 e. The number of methoxy groups -OCH3 is 1. The summed E-state index contributed by atoms with van der Waals surface area (Å²) in [6, 6.07) is 9.22. The average molecular weight is 346 g/mol. The highest BCUT2D eigenvalue weighted by Gasteiger charge is 2.17. The monoisotopic (exact) mass is 346 g/mol. The van der Waals surface area contributed by atoms with Crippen LogP contribution in [0.4, 0.5) is 5.69 Å². The molecule has 1 aromatic heterocycles. The topological polar surface area (TPSA) is 67.4 Å². The first-order valence-corrected chi connectivity index (χ1v) is 8.49. The standard InChI is InChI=1S/C18H22N2O3S/c1-18(2,3)12-7-8-14(23-4)13(10-12)20-16(21)11-19-17(22)15-6-5-9-24-15/h5-10H,11H2,1-4H3,(H,19,22)(H,20,21). The number of rotatable bonds is 5. The zero-order valence-electron chi connectivity index (χ0n) is 14.3. The van der Waals surface area contributed by atoms with Crippen molar-refractivity contribution in [1.82, 2.24) is 5.32 Å². The molecule has 1 aromatic carbocycles. The number of nitrogens with one attached hydrogen (secondary N) is 2. The van der Waals surface area contributed by atoms with Crippen LogP contribution in [0.25, 0.3) is 0 Å². The zero-order chi connectivity index (χ0) is 17.7. The Labute approximate surface area is 146 Å². The first-order chi connectivity index (χ1) is 11.3. The molecule has 0 spiro atoms. The summed E-state index contributed by atoms with van der Waals surface area (Å²) in [6.45, 7) is 6.20. The minimum Gasteiger partial charge on any atom is -0.495 e. The maximum absolute atomic E-state index is 12.1. The fourth-order valence-electron chi connectivity index (χ4n) is 2.12. The van der Waals surface area contributed by atoms with Crippen LogP contribution in [-0.2, 0) is 10.2 Å². The number of hydrogen-bond acceptors (Lipinski definition) is 4. The molecule has 24 heavy (non-hydrogen) atoms. The van der Waals surface area contributed by atoms with Gasteiger partial charge in [-0.1, -0.05) is 32.9 Å². The third-order valence-electron chi connectivity index (χ3n) is 3.49. The van der Waals surface area contributed by atoms with Crippen molar-refractivity contribution in [3.63, 3.8) is 0 Å². The SMILES string of the molecule is COc1ccc(C(C)(C)C)cc1NC(=O)CNC(=O)c1cccs1. The number of carbonyl (C=O) groups excluding carboxylic acids is 2. The molecular weight excluding hydrogens is 324 g/mol. The van der Waals surface area contributed by atoms with Crippen molar-refractivity contribution in [1.29, 1.82) is 0 Å². The van der Waals surface area contributed by atoms with Crippen LogP contribution >= 0.6 is 11.3 Å². The molecule has 2 amide bonds. The Bertz CT molecular complexity index is 718. The van der Waals surface area contributed by atoms with Crippen molar-refractivity contribution in [2.75, 3.05) is 19.0 Å². The van der Waals surface area contributed by atoms with Crippen LogP contribution in [0.2, 0.25) is 0 Å². The number of benzene rings is 1. The van der Waals surface area contributed by atoms with Crippen LogP contribution in [-0.4, -0.2) is 25.5 Å². The minimum absolute atomic E-state index is 0.0425. The number of ether oxygens (including phenoxy) is 1. The number of carbonyl (C=O) groups is 2. The van der Waals surface area contributed by atoms with E-state index < -0.39 is 0 Å². The fourth-order valence-corrected chi connectivity index (χ4v) is 2.76. The molecule has 1 heterocycles. The highest BCUT2D eigenvalue weighted by Crippen LogP contribution is 2.31. The summed E-state index contributed by atoms with van der Waals surface area (Å²) in [4.78, 5) is 24.6. The molecule has 0 saturated heterocycles. The Hall–Kier alpha value is -2.34. The Morgan fingerprint density at radius 3 is 2.54 bits per heavy atom. The van der Waals surface area contributed by atoms with E-state index in [0.29, 0.717) is 16.3 Å². The molecule has 6 heteroatoms. The second-order valence-corrected chi connectivity index (χ2v) is 7.32. The van der Waals surface area contributed by atoms with Crippen molar-refractivity contribution in [3.05, 3.63) is 46.2 Å². The molecule has 0 aliphatic heterocycles. The van der Waals surface area contributed by atoms with Crippen molar-refractivity contribution < 1.29 is 14.3 Å². The normalized spacial score (nSPS) is 11.0. The molecule has 0 fully saturated rings. The lowest BCUT2D eigenvalue weighted by molar-refractivity contribution is -0.115. The second kappa shape index (κ2) is 7.49. The third kappa shape index (κ3) is 4.58. The van der Waals surface area contributed by atoms with Crippen LogP contribution in [0.1, 0.15) is 36.0 Å². The van der Waals surface area contributed by atoms with E-state index in [1.165, 1.54) is 11.3 Å². The molecule has 0 aliphatic rings. The van der Waals surface area contributed by atoms with Gasteiger partial charge in [0.2, 0.25) is 5.91 Å². The maximum Gasteiger partial charge on any atom is 0.261 e. The summed E-state index contributed by atoms with van der Waals surface area (Å²) < 4.78 is 5.30. The van der Waals surface area contributed by atoms with Gasteiger partial charge < -0.3 is 15.4 Å². The van der Waals surface area contributed by atoms with E-state index in [4.69, 9.17) is 4.74 Å². The molecule has 2 N–H and O–H groups in total. The molecular formula is C18H22N2O3S. The number of thiophene rings is 1. The van der Waals surface area contributed by atoms with Gasteiger partial charge in [0.05, 0.1) is 24.2 Å². The Kier molecular flexibility index (Phi) is 5.62. The Morgan fingerprint density at radius 1 is 1.21 bits per heavy atom. The van der Waals surface area contributed by atoms with Crippen molar-refractivity contribution in [3.8, 4) is 5.75 Å². The van der Waals surface area contributed by atoms with Gasteiger partial charge in [-0.25, -0.2) is 0 Å². The van der Waals surface area contributed by atoms with E-state index in [-0.39, 0.29) is 23.8 Å². The molecule has 0 unspecified atom stereocenters. The molecule has 0 bridgehead atoms. The van der Waals surface area contributed by atoms with Crippen LogP contribution in [0, 0.1) is 0 Å². The van der Waals surface area contributed by atoms with E-state index in [1.807, 2.05) is 23.6 Å². The highest BCUT2D eigenvalue weighted by molar-refractivity contribution is 7.12. The van der Waals surface area contributed by atoms with Gasteiger partial charge in [-0.05, 0) is 34.6 Å². The number of amides is 2. The van der Waals surface area contributed by atoms with Gasteiger partial charge in [-0.15, -0.1) is 11.3 Å². The van der Waals surface area contributed by atoms with Crippen LogP contribution in [0.5, 0.6) is 5.75 Å². The predicted molar refractivity (Wildman–Crippen MR) is 97.0 cm³/mol. The molecule has 2 aromatic rings. The molecule has 0 atom stereocenters. The summed E-state index contributed by atoms with van der Waals surface area (Å²) in [7, 11) is 1.56. The van der Waals surface area contributed by atoms with Gasteiger partial charge in [0, 0.05) is 0 Å². The van der Waals surface area contributed by atoms with Gasteiger partial charge in [0.25, 0.3) is 5.91 Å². The van der Waals surface area contributed by atoms with E-state index in [0.717, 1.165) is 5.56 Å². The average Bonchev–Trinajstić information content (AvgIpc) is 3.06. The first-order valence-electron chi connectivity index (χ1n) is 7.61. The zero-order valence-corrected chi connectivity index (χ0v) is 15.1. The summed E-state index contributed by atoms with van der Waals surface area (Å²) >= 11 is 1.33. The summed E-state index contributed by atoms with van der Waals surface area (Å²) in [5.41, 5.74) is 1.64. The lowest BCUT2D eigenvalue weighted by Crippen LogP contribution is -2.32. The van der Waals surface area contributed by atoms with Crippen LogP contribution in [0.15, 0.2) is 35.7 Å². The van der Waals surface area contributed by atoms with Crippen LogP contribution < -0.4 is 15.4 Å². The summed E-state index contributed by atoms with van der Waals surface area (Å²) in [5, 5.41) is 7.22. The highest BCUT2D eigenvalue weighted by atomic mass is 32.1. The van der Waals surface area contributed by atoms with Gasteiger partial charge in [-0.3, -0.25) is 9.59 Å². The quantitative estimate of drug-likeness (QED) is 0.872. The van der Waals surface area contributed by atoms with Crippen molar-refractivity contribution >= 4 is 28.8 Å². The van der Waals surface area contributed by atoms with E-state index >= 15 is 0 Å². The van der Waals surface area contributed by atoms with Crippen molar-refractivity contribution in [2.45, 2.75) is 26.2 Å². The van der Waals surface area contributed by atoms with E-state index in [1.54, 1.807) is 19.2 Å². The second-order valence-electron chi connectivity index (χ2n) is 6.37. The van der Waals surface area contributed by atoms with Crippen molar-refractivity contribution in [2.24, 2.45) is 0 Å². The molecule has 0 aliphatic carbocycles. The minimum atomic E-state index is -0.302. The van der Waals surface area contributed by atoms with Gasteiger partial charge in [-0.2, -0.15) is 0 Å². The largest absolute Gasteiger partial charge is 0.495 e. The van der Waals surface area contributed by atoms with E-state index in [2.05, 4.69) is 31.4 Å². The van der Waals surface area contributed by atoms with Gasteiger partial charge >= 0.3 is 0 Å². The predicted octanol–water partition coefficient (Wildman–Crippen LogP) is 3.42. The third-order valence-corrected chi connectivity index (χ3v) is 4.36. The van der Waals surface area contributed by atoms with Gasteiger partial charge in [0.1, 0.15) is 5.75 Å². The first kappa shape index (κ1) is 18.0. The van der Waals surface area contributed by atoms with E-state index in [9.17, 15) is 9.59 Å². The number of hydrogen-bond donors (Lipinski definition) is 2. The van der Waals surface area contributed by atoms with Crippen LogP contribution in [0.3, 0.4) is 0 Å². The molecule has 128 valence electrons. The summed E-state index contributed by atoms with van der Waals surface area (Å²) in [5.74, 6) is 0.0285. The molecule has 2 rings (SSSR count). The fraction of sp³-hybridized carbons (Fsp3) is 0.333. The lowest BCUT2D eigenvalue weighted by Gasteiger charge is -2.21. The van der Waals surface area contributed by atoms with Gasteiger partial charge in [0.15, 0.2) is 0 Å². The molecule has 5 nitrogen and oxygen atoms in total. The molecule has 0 radical (unpaired) electrons. The lowest BCUT2D eigenvalue weighted by atomic mass is 9.87. The molecule has 0 saturated carbocycles.